The Morgan fingerprint density at radius 2 is 1.17 bits per heavy atom. The summed E-state index contributed by atoms with van der Waals surface area (Å²) < 4.78 is 22.9. The smallest absolute Gasteiger partial charge is 0.189 e. The third kappa shape index (κ3) is 3.65. The second-order valence-electron chi connectivity index (χ2n) is 5.40. The minimum absolute atomic E-state index is 0.736. The largest absolute Gasteiger partial charge is 0.394 e. The molecule has 2 rings (SSSR count). The molecule has 2 heterocycles. The van der Waals surface area contributed by atoms with Gasteiger partial charge in [0.2, 0.25) is 0 Å². The van der Waals surface area contributed by atoms with Gasteiger partial charge in [-0.25, -0.2) is 0 Å². The molecule has 5 unspecified atom stereocenters. The summed E-state index contributed by atoms with van der Waals surface area (Å²) in [5, 5.41) is 76.7. The van der Waals surface area contributed by atoms with Crippen LogP contribution in [0.4, 0.5) is 0 Å². The maximum absolute atomic E-state index is 9.91. The molecule has 8 N–H and O–H groups in total. The molecule has 136 valence electrons. The Bertz CT molecular complexity index is 424. The van der Waals surface area contributed by atoms with Crippen LogP contribution in [0.15, 0.2) is 0 Å². The number of aliphatic hydroxyl groups excluding tert-OH is 8. The van der Waals surface area contributed by atoms with Crippen molar-refractivity contribution < 1.29 is 56.4 Å². The van der Waals surface area contributed by atoms with Gasteiger partial charge in [-0.3, -0.25) is 0 Å². The molecule has 2 aliphatic rings. The first kappa shape index (κ1) is 17.4. The summed E-state index contributed by atoms with van der Waals surface area (Å²) in [4.78, 5) is 0. The molecule has 0 aromatic carbocycles. The predicted octanol–water partition coefficient (Wildman–Crippen LogP) is -5.40. The maximum Gasteiger partial charge on any atom is 0.189 e. The quantitative estimate of drug-likeness (QED) is 0.243. The highest BCUT2D eigenvalue weighted by Gasteiger charge is 2.49. The summed E-state index contributed by atoms with van der Waals surface area (Å²) in [5.74, 6) is 0. The van der Waals surface area contributed by atoms with Gasteiger partial charge in [0.05, 0.1) is 14.6 Å². The number of rotatable bonds is 4. The lowest BCUT2D eigenvalue weighted by Crippen LogP contribution is -2.63. The second kappa shape index (κ2) is 7.63. The van der Waals surface area contributed by atoms with Crippen molar-refractivity contribution >= 4 is 0 Å². The van der Waals surface area contributed by atoms with Gasteiger partial charge >= 0.3 is 0 Å². The van der Waals surface area contributed by atoms with Crippen LogP contribution in [0, 0.1) is 0 Å². The molecule has 2 aliphatic heterocycles. The number of hydrogen-bond donors (Lipinski definition) is 8. The van der Waals surface area contributed by atoms with E-state index < -0.39 is 74.6 Å². The van der Waals surface area contributed by atoms with Crippen LogP contribution in [-0.2, 0) is 14.2 Å². The van der Waals surface area contributed by atoms with Crippen molar-refractivity contribution in [1.82, 2.24) is 0 Å². The Morgan fingerprint density at radius 3 is 1.70 bits per heavy atom. The molecule has 0 aliphatic carbocycles. The molecule has 11 heteroatoms. The fourth-order valence-corrected chi connectivity index (χ4v) is 2.36. The highest BCUT2D eigenvalue weighted by molar-refractivity contribution is 4.92. The average Bonchev–Trinajstić information content (AvgIpc) is 2.57. The maximum atomic E-state index is 9.91. The summed E-state index contributed by atoms with van der Waals surface area (Å²) in [7, 11) is 0. The van der Waals surface area contributed by atoms with Gasteiger partial charge in [-0.15, -0.1) is 0 Å². The van der Waals surface area contributed by atoms with E-state index in [1.807, 2.05) is 0 Å². The lowest BCUT2D eigenvalue weighted by Gasteiger charge is -2.44. The van der Waals surface area contributed by atoms with Crippen LogP contribution < -0.4 is 0 Å². The SMILES string of the molecule is [2H][C@]1(O[C@H]2OC(CO)[C@@H](O)[C@H](O)C2O)OC(CO)[C@@H](O)C(O)C1O. The Balaban J connectivity index is 2.18. The molecule has 0 amide bonds. The molecule has 2 saturated heterocycles. The first-order valence-corrected chi connectivity index (χ1v) is 6.97. The molecule has 23 heavy (non-hydrogen) atoms. The topological polar surface area (TPSA) is 190 Å². The third-order valence-corrected chi connectivity index (χ3v) is 3.82. The van der Waals surface area contributed by atoms with Gasteiger partial charge in [-0.1, -0.05) is 0 Å². The third-order valence-electron chi connectivity index (χ3n) is 3.82. The Morgan fingerprint density at radius 1 is 0.696 bits per heavy atom. The molecule has 0 radical (unpaired) electrons. The lowest BCUT2D eigenvalue weighted by atomic mass is 9.98. The molecular formula is C12H22O11. The van der Waals surface area contributed by atoms with Gasteiger partial charge in [0.1, 0.15) is 48.8 Å². The van der Waals surface area contributed by atoms with Crippen LogP contribution in [0.3, 0.4) is 0 Å². The molecule has 0 saturated carbocycles. The fourth-order valence-electron chi connectivity index (χ4n) is 2.36. The summed E-state index contributed by atoms with van der Waals surface area (Å²) in [6.45, 7) is -1.54. The van der Waals surface area contributed by atoms with Gasteiger partial charge in [0.25, 0.3) is 0 Å². The van der Waals surface area contributed by atoms with Gasteiger partial charge < -0.3 is 55.1 Å². The van der Waals surface area contributed by atoms with Crippen molar-refractivity contribution in [2.75, 3.05) is 13.2 Å². The van der Waals surface area contributed by atoms with E-state index in [1.165, 1.54) is 0 Å². The molecule has 2 fully saturated rings. The average molecular weight is 343 g/mol. The van der Waals surface area contributed by atoms with Crippen LogP contribution in [0.1, 0.15) is 1.37 Å². The number of ether oxygens (including phenoxy) is 3. The molecule has 10 atom stereocenters. The highest BCUT2D eigenvalue weighted by Crippen LogP contribution is 2.27. The van der Waals surface area contributed by atoms with Crippen LogP contribution >= 0.6 is 0 Å². The van der Waals surface area contributed by atoms with Crippen LogP contribution in [0.2, 0.25) is 0 Å². The minimum Gasteiger partial charge on any atom is -0.394 e. The summed E-state index contributed by atoms with van der Waals surface area (Å²) in [5.41, 5.74) is 0. The van der Waals surface area contributed by atoms with Crippen LogP contribution in [-0.4, -0.2) is 115 Å². The van der Waals surface area contributed by atoms with Crippen molar-refractivity contribution in [3.05, 3.63) is 0 Å². The van der Waals surface area contributed by atoms with E-state index >= 15 is 0 Å². The lowest BCUT2D eigenvalue weighted by molar-refractivity contribution is -0.376. The van der Waals surface area contributed by atoms with E-state index in [0.717, 1.165) is 0 Å². The normalized spacial score (nSPS) is 55.5. The van der Waals surface area contributed by atoms with E-state index in [-0.39, 0.29) is 0 Å². The van der Waals surface area contributed by atoms with Gasteiger partial charge in [0.15, 0.2) is 12.6 Å². The van der Waals surface area contributed by atoms with Crippen molar-refractivity contribution in [2.45, 2.75) is 61.4 Å². The second-order valence-corrected chi connectivity index (χ2v) is 5.40. The zero-order valence-electron chi connectivity index (χ0n) is 12.9. The van der Waals surface area contributed by atoms with E-state index in [2.05, 4.69) is 0 Å². The van der Waals surface area contributed by atoms with Gasteiger partial charge in [-0.05, 0) is 0 Å². The number of aliphatic hydroxyl groups is 8. The summed E-state index contributed by atoms with van der Waals surface area (Å²) in [6.07, 6.45) is -18.4. The van der Waals surface area contributed by atoms with Crippen molar-refractivity contribution in [2.24, 2.45) is 0 Å². The zero-order chi connectivity index (χ0) is 18.2. The summed E-state index contributed by atoms with van der Waals surface area (Å²) >= 11 is 0. The Hall–Kier alpha value is -0.440. The molecule has 11 nitrogen and oxygen atoms in total. The molecular weight excluding hydrogens is 320 g/mol. The van der Waals surface area contributed by atoms with E-state index in [4.69, 9.17) is 25.8 Å². The molecule has 0 spiro atoms. The Labute approximate surface area is 132 Å². The molecule has 0 bridgehead atoms. The first-order valence-electron chi connectivity index (χ1n) is 7.47. The van der Waals surface area contributed by atoms with Crippen LogP contribution in [0.25, 0.3) is 0 Å². The van der Waals surface area contributed by atoms with Crippen molar-refractivity contribution in [3.63, 3.8) is 0 Å². The van der Waals surface area contributed by atoms with Crippen LogP contribution in [0.5, 0.6) is 0 Å². The van der Waals surface area contributed by atoms with E-state index in [9.17, 15) is 30.6 Å². The first-order chi connectivity index (χ1) is 11.2. The molecule has 0 aromatic heterocycles. The predicted molar refractivity (Wildman–Crippen MR) is 68.6 cm³/mol. The molecule has 0 aromatic rings. The Kier molecular flexibility index (Phi) is 5.77. The van der Waals surface area contributed by atoms with Gasteiger partial charge in [-0.2, -0.15) is 0 Å². The highest BCUT2D eigenvalue weighted by atomic mass is 16.8. The van der Waals surface area contributed by atoms with Gasteiger partial charge in [0, 0.05) is 0 Å². The van der Waals surface area contributed by atoms with Crippen molar-refractivity contribution in [3.8, 4) is 0 Å². The number of hydrogen-bond acceptors (Lipinski definition) is 11. The monoisotopic (exact) mass is 343 g/mol. The zero-order valence-corrected chi connectivity index (χ0v) is 11.9. The van der Waals surface area contributed by atoms with E-state index in [1.54, 1.807) is 0 Å². The fraction of sp³-hybridized carbons (Fsp3) is 1.00. The van der Waals surface area contributed by atoms with Crippen molar-refractivity contribution in [1.29, 1.82) is 0 Å². The summed E-state index contributed by atoms with van der Waals surface area (Å²) in [6, 6.07) is 0. The van der Waals surface area contributed by atoms with E-state index in [0.29, 0.717) is 0 Å². The standard InChI is InChI=1S/C12H22O11/c13-1-3-5(15)7(17)9(19)11(21-3)23-12-10(20)8(18)6(16)4(2-14)22-12/h3-20H,1-2H2/t3?,4?,5-,6-,7+,8?,9?,10?,11-,12-/m1/s1/i11D/t3?,4?,5-,6-,7?,8+,9?,10?,11-,12-. The minimum atomic E-state index is -2.76.